The van der Waals surface area contributed by atoms with Crippen LogP contribution in [-0.4, -0.2) is 4.98 Å². The predicted octanol–water partition coefficient (Wildman–Crippen LogP) is 4.54. The summed E-state index contributed by atoms with van der Waals surface area (Å²) < 4.78 is 0. The molecular weight excluding hydrogens is 218 g/mol. The molecule has 0 aliphatic carbocycles. The smallest absolute Gasteiger partial charge is 0.0346 e. The molecule has 0 fully saturated rings. The molecule has 0 N–H and O–H groups in total. The van der Waals surface area contributed by atoms with Gasteiger partial charge in [-0.3, -0.25) is 4.98 Å². The van der Waals surface area contributed by atoms with Crippen molar-refractivity contribution in [3.63, 3.8) is 0 Å². The van der Waals surface area contributed by atoms with Crippen LogP contribution in [0.25, 0.3) is 10.8 Å². The largest absolute Gasteiger partial charge is 0.264 e. The lowest BCUT2D eigenvalue weighted by molar-refractivity contribution is 1.31. The molecule has 0 aliphatic rings. The molecule has 0 amide bonds. The highest BCUT2D eigenvalue weighted by Gasteiger charge is 1.93. The Kier molecular flexibility index (Phi) is 4.08. The summed E-state index contributed by atoms with van der Waals surface area (Å²) in [5.74, 6) is 0. The van der Waals surface area contributed by atoms with Crippen molar-refractivity contribution in [1.82, 2.24) is 4.98 Å². The van der Waals surface area contributed by atoms with E-state index in [0.717, 1.165) is 0 Å². The van der Waals surface area contributed by atoms with Gasteiger partial charge in [0, 0.05) is 17.8 Å². The van der Waals surface area contributed by atoms with Crippen LogP contribution in [0.3, 0.4) is 0 Å². The summed E-state index contributed by atoms with van der Waals surface area (Å²) in [5, 5.41) is 2.51. The summed E-state index contributed by atoms with van der Waals surface area (Å²) in [7, 11) is 0. The minimum Gasteiger partial charge on any atom is -0.264 e. The van der Waals surface area contributed by atoms with Gasteiger partial charge in [-0.25, -0.2) is 0 Å². The first-order valence-corrected chi connectivity index (χ1v) is 6.08. The second kappa shape index (κ2) is 5.97. The number of rotatable bonds is 0. The van der Waals surface area contributed by atoms with Crippen LogP contribution in [-0.2, 0) is 0 Å². The summed E-state index contributed by atoms with van der Waals surface area (Å²) in [4.78, 5) is 4.11. The summed E-state index contributed by atoms with van der Waals surface area (Å²) in [6.45, 7) is 4.16. The van der Waals surface area contributed by atoms with Gasteiger partial charge in [0.15, 0.2) is 0 Å². The lowest BCUT2D eigenvalue weighted by Crippen LogP contribution is -1.79. The maximum Gasteiger partial charge on any atom is 0.0346 e. The summed E-state index contributed by atoms with van der Waals surface area (Å²) in [5.41, 5.74) is 2.56. The molecule has 90 valence electrons. The van der Waals surface area contributed by atoms with Crippen molar-refractivity contribution in [3.05, 3.63) is 78.1 Å². The van der Waals surface area contributed by atoms with Crippen LogP contribution in [0.5, 0.6) is 0 Å². The van der Waals surface area contributed by atoms with E-state index in [-0.39, 0.29) is 0 Å². The molecule has 0 saturated heterocycles. The molecule has 2 aromatic carbocycles. The molecule has 0 unspecified atom stereocenters. The number of hydrogen-bond donors (Lipinski definition) is 0. The molecule has 0 spiro atoms. The first-order valence-electron chi connectivity index (χ1n) is 6.08. The van der Waals surface area contributed by atoms with Crippen molar-refractivity contribution in [2.45, 2.75) is 13.8 Å². The van der Waals surface area contributed by atoms with E-state index in [1.807, 2.05) is 36.7 Å². The topological polar surface area (TPSA) is 12.9 Å². The lowest BCUT2D eigenvalue weighted by atomic mass is 10.1. The second-order valence-electron chi connectivity index (χ2n) is 4.33. The fourth-order valence-corrected chi connectivity index (χ4v) is 1.80. The van der Waals surface area contributed by atoms with Crippen molar-refractivity contribution in [2.75, 3.05) is 0 Å². The maximum atomic E-state index is 4.11. The van der Waals surface area contributed by atoms with Gasteiger partial charge in [-0.2, -0.15) is 0 Å². The van der Waals surface area contributed by atoms with Crippen LogP contribution in [0, 0.1) is 13.8 Å². The van der Waals surface area contributed by atoms with Gasteiger partial charge >= 0.3 is 0 Å². The van der Waals surface area contributed by atoms with Gasteiger partial charge in [-0.1, -0.05) is 60.2 Å². The van der Waals surface area contributed by atoms with Crippen molar-refractivity contribution in [2.24, 2.45) is 0 Å². The van der Waals surface area contributed by atoms with Gasteiger partial charge in [-0.15, -0.1) is 0 Å². The monoisotopic (exact) mass is 235 g/mol. The summed E-state index contributed by atoms with van der Waals surface area (Å²) in [6.07, 6.45) is 3.78. The number of fused-ring (bicyclic) bond motifs is 1. The molecule has 1 aromatic heterocycles. The summed E-state index contributed by atoms with van der Waals surface area (Å²) in [6, 6.07) is 18.5. The van der Waals surface area contributed by atoms with E-state index in [1.54, 1.807) is 0 Å². The van der Waals surface area contributed by atoms with Crippen LogP contribution in [0.1, 0.15) is 11.1 Å². The molecule has 3 aromatic rings. The third kappa shape index (κ3) is 3.17. The van der Waals surface area contributed by atoms with E-state index in [0.29, 0.717) is 0 Å². The Morgan fingerprint density at radius 1 is 0.722 bits per heavy atom. The molecule has 3 rings (SSSR count). The molecule has 0 aliphatic heterocycles. The van der Waals surface area contributed by atoms with Crippen molar-refractivity contribution in [3.8, 4) is 0 Å². The van der Waals surface area contributed by atoms with Gasteiger partial charge < -0.3 is 0 Å². The van der Waals surface area contributed by atoms with E-state index in [1.165, 1.54) is 21.9 Å². The number of benzene rings is 2. The molecular formula is C17H17N. The zero-order chi connectivity index (χ0) is 12.8. The van der Waals surface area contributed by atoms with Crippen molar-refractivity contribution >= 4 is 10.8 Å². The molecule has 0 atom stereocenters. The lowest BCUT2D eigenvalue weighted by Gasteiger charge is -1.98. The summed E-state index contributed by atoms with van der Waals surface area (Å²) >= 11 is 0. The van der Waals surface area contributed by atoms with Crippen LogP contribution < -0.4 is 0 Å². The number of aryl methyl sites for hydroxylation is 2. The van der Waals surface area contributed by atoms with E-state index in [2.05, 4.69) is 49.2 Å². The van der Waals surface area contributed by atoms with Crippen LogP contribution in [0.4, 0.5) is 0 Å². The van der Waals surface area contributed by atoms with E-state index in [4.69, 9.17) is 0 Å². The average Bonchev–Trinajstić information content (AvgIpc) is 2.41. The number of hydrogen-bond acceptors (Lipinski definition) is 1. The molecule has 1 heteroatoms. The number of aromatic nitrogens is 1. The Bertz CT molecular complexity index is 609. The average molecular weight is 235 g/mol. The zero-order valence-corrected chi connectivity index (χ0v) is 10.8. The van der Waals surface area contributed by atoms with Crippen LogP contribution in [0.15, 0.2) is 67.0 Å². The highest BCUT2D eigenvalue weighted by molar-refractivity contribution is 5.84. The molecule has 0 radical (unpaired) electrons. The van der Waals surface area contributed by atoms with E-state index < -0.39 is 0 Å². The molecule has 1 nitrogen and oxygen atoms in total. The molecule has 1 heterocycles. The zero-order valence-electron chi connectivity index (χ0n) is 10.8. The van der Waals surface area contributed by atoms with Gasteiger partial charge in [0.1, 0.15) is 0 Å². The third-order valence-corrected chi connectivity index (χ3v) is 2.81. The van der Waals surface area contributed by atoms with Crippen LogP contribution >= 0.6 is 0 Å². The normalized spacial score (nSPS) is 9.67. The maximum absolute atomic E-state index is 4.11. The minimum absolute atomic E-state index is 1.22. The molecule has 0 saturated carbocycles. The Labute approximate surface area is 108 Å². The van der Waals surface area contributed by atoms with Crippen molar-refractivity contribution in [1.29, 1.82) is 0 Å². The fraction of sp³-hybridized carbons (Fsp3) is 0.118. The Morgan fingerprint density at radius 3 is 2.00 bits per heavy atom. The van der Waals surface area contributed by atoms with Crippen LogP contribution in [0.2, 0.25) is 0 Å². The second-order valence-corrected chi connectivity index (χ2v) is 4.33. The minimum atomic E-state index is 1.22. The van der Waals surface area contributed by atoms with E-state index in [9.17, 15) is 0 Å². The quantitative estimate of drug-likeness (QED) is 0.557. The first-order chi connectivity index (χ1) is 8.77. The Balaban J connectivity index is 0.000000149. The third-order valence-electron chi connectivity index (χ3n) is 2.81. The molecule has 18 heavy (non-hydrogen) atoms. The SMILES string of the molecule is Cc1ccccc1.Cc1cncc2ccccc12. The standard InChI is InChI=1S/C10H9N.C7H8/c1-8-6-11-7-9-4-2-3-5-10(8)9;1-7-5-3-2-4-6-7/h2-7H,1H3;2-6H,1H3. The van der Waals surface area contributed by atoms with Crippen molar-refractivity contribution < 1.29 is 0 Å². The van der Waals surface area contributed by atoms with Gasteiger partial charge in [0.05, 0.1) is 0 Å². The van der Waals surface area contributed by atoms with Gasteiger partial charge in [0.25, 0.3) is 0 Å². The Morgan fingerprint density at radius 2 is 1.39 bits per heavy atom. The molecule has 0 bridgehead atoms. The highest BCUT2D eigenvalue weighted by Crippen LogP contribution is 2.14. The predicted molar refractivity (Wildman–Crippen MR) is 77.7 cm³/mol. The first kappa shape index (κ1) is 12.3. The van der Waals surface area contributed by atoms with Gasteiger partial charge in [-0.05, 0) is 24.8 Å². The van der Waals surface area contributed by atoms with Gasteiger partial charge in [0.2, 0.25) is 0 Å². The number of pyridine rings is 1. The van der Waals surface area contributed by atoms with E-state index >= 15 is 0 Å². The Hall–Kier alpha value is -2.15. The fourth-order valence-electron chi connectivity index (χ4n) is 1.80. The highest BCUT2D eigenvalue weighted by atomic mass is 14.6. The number of nitrogens with zero attached hydrogens (tertiary/aromatic N) is 1.